The van der Waals surface area contributed by atoms with E-state index in [1.54, 1.807) is 25.7 Å². The molecule has 16 atom stereocenters. The standard InChI is InChI=1S/C61H113N8O31PS/c1-39(73)65-49-55(83)52(80)42(36-70)97-58(49)93-30-27-90-24-21-87-18-12-62-45(76)33-68(34-46(77)63-13-19-88-22-25-91-28-31-94-59-50(66-40(2)74)56(84)53(81)43(37-71)98-59)15-10-16-69(48(79)11-8-7-9-17-96-101(86,102)100-61(4,5)6)35-47(78)64-14-20-89-23-26-92-29-32-95-60-51(67-41(3)75)57(85)54(82)44(38-72)99-60/h42-44,49-60,70-72,80-85H,7-38H2,1-6H3,(H,62,76)(H,63,77)(H,64,78)(H,65,73)(H,66,74)(H,67,75)(H,86,102)/p-1. The molecule has 102 heavy (non-hydrogen) atoms. The van der Waals surface area contributed by atoms with Gasteiger partial charge in [0.1, 0.15) is 79.8 Å². The molecule has 3 saturated heterocycles. The third-order valence-corrected chi connectivity index (χ3v) is 16.9. The summed E-state index contributed by atoms with van der Waals surface area (Å²) in [7, 11) is 0. The van der Waals surface area contributed by atoms with Gasteiger partial charge in [0.25, 0.3) is 0 Å². The topological polar surface area (TPSA) is 533 Å². The monoisotopic (exact) mass is 1520 g/mol. The largest absolute Gasteiger partial charge is 0.780 e. The number of ether oxygens (including phenoxy) is 12. The highest BCUT2D eigenvalue weighted by atomic mass is 32.5. The Morgan fingerprint density at radius 2 is 0.784 bits per heavy atom. The fourth-order valence-electron chi connectivity index (χ4n) is 10.3. The lowest BCUT2D eigenvalue weighted by atomic mass is 9.97. The molecule has 0 radical (unpaired) electrons. The third kappa shape index (κ3) is 38.0. The van der Waals surface area contributed by atoms with Gasteiger partial charge in [-0.05, 0) is 40.0 Å². The van der Waals surface area contributed by atoms with Crippen LogP contribution in [0.3, 0.4) is 0 Å². The molecule has 16 unspecified atom stereocenters. The lowest BCUT2D eigenvalue weighted by Crippen LogP contribution is -2.64. The molecular weight excluding hydrogens is 1400 g/mol. The average molecular weight is 1520 g/mol. The van der Waals surface area contributed by atoms with Gasteiger partial charge in [0, 0.05) is 59.9 Å². The van der Waals surface area contributed by atoms with E-state index in [0.717, 1.165) is 0 Å². The highest BCUT2D eigenvalue weighted by molar-refractivity contribution is 8.06. The maximum Gasteiger partial charge on any atom is 0.239 e. The first-order chi connectivity index (χ1) is 48.5. The molecule has 0 aromatic heterocycles. The van der Waals surface area contributed by atoms with Gasteiger partial charge < -0.3 is 154 Å². The van der Waals surface area contributed by atoms with E-state index in [0.29, 0.717) is 19.3 Å². The molecule has 0 spiro atoms. The van der Waals surface area contributed by atoms with E-state index < -0.39 is 160 Å². The van der Waals surface area contributed by atoms with Crippen molar-refractivity contribution in [3.8, 4) is 0 Å². The van der Waals surface area contributed by atoms with Crippen molar-refractivity contribution in [1.29, 1.82) is 0 Å². The predicted molar refractivity (Wildman–Crippen MR) is 355 cm³/mol. The summed E-state index contributed by atoms with van der Waals surface area (Å²) in [5.74, 6) is -3.33. The van der Waals surface area contributed by atoms with Crippen LogP contribution in [-0.4, -0.2) is 373 Å². The second-order valence-corrected chi connectivity index (χ2v) is 27.5. The number of rotatable bonds is 54. The summed E-state index contributed by atoms with van der Waals surface area (Å²) in [6.07, 6.45) is -14.4. The Kier molecular flexibility index (Phi) is 46.3. The summed E-state index contributed by atoms with van der Waals surface area (Å²) in [5.41, 5.74) is -0.798. The zero-order chi connectivity index (χ0) is 75.6. The first-order valence-corrected chi connectivity index (χ1v) is 36.5. The molecule has 3 rings (SSSR count). The van der Waals surface area contributed by atoms with Crippen LogP contribution < -0.4 is 36.8 Å². The second-order valence-electron chi connectivity index (χ2n) is 24.8. The fourth-order valence-corrected chi connectivity index (χ4v) is 12.2. The summed E-state index contributed by atoms with van der Waals surface area (Å²) in [4.78, 5) is 105. The minimum atomic E-state index is -3.76. The molecule has 0 bridgehead atoms. The van der Waals surface area contributed by atoms with Crippen molar-refractivity contribution in [2.45, 2.75) is 171 Å². The Bertz CT molecular complexity index is 2370. The van der Waals surface area contributed by atoms with Gasteiger partial charge in [-0.25, -0.2) is 0 Å². The smallest absolute Gasteiger partial charge is 0.239 e. The molecule has 41 heteroatoms. The summed E-state index contributed by atoms with van der Waals surface area (Å²) in [6.45, 7) is 3.40. The Balaban J connectivity index is 1.55. The number of aliphatic hydroxyl groups excluding tert-OH is 9. The van der Waals surface area contributed by atoms with Crippen molar-refractivity contribution in [2.24, 2.45) is 0 Å². The molecule has 594 valence electrons. The zero-order valence-electron chi connectivity index (χ0n) is 59.0. The highest BCUT2D eigenvalue weighted by Gasteiger charge is 2.48. The van der Waals surface area contributed by atoms with Crippen molar-refractivity contribution in [1.82, 2.24) is 41.7 Å². The zero-order valence-corrected chi connectivity index (χ0v) is 60.8. The van der Waals surface area contributed by atoms with Crippen molar-refractivity contribution in [3.63, 3.8) is 0 Å². The van der Waals surface area contributed by atoms with Crippen LogP contribution in [0.5, 0.6) is 0 Å². The lowest BCUT2D eigenvalue weighted by Gasteiger charge is -2.42. The normalized spacial score (nSPS) is 25.8. The Labute approximate surface area is 598 Å². The Morgan fingerprint density at radius 3 is 1.12 bits per heavy atom. The number of nitrogens with zero attached hydrogens (tertiary/aromatic N) is 2. The van der Waals surface area contributed by atoms with Crippen LogP contribution >= 0.6 is 6.72 Å². The third-order valence-electron chi connectivity index (χ3n) is 15.1. The van der Waals surface area contributed by atoms with Crippen LogP contribution in [0.2, 0.25) is 0 Å². The van der Waals surface area contributed by atoms with Crippen LogP contribution in [0.4, 0.5) is 0 Å². The molecule has 39 nitrogen and oxygen atoms in total. The quantitative estimate of drug-likeness (QED) is 0.0199. The highest BCUT2D eigenvalue weighted by Crippen LogP contribution is 2.43. The number of amides is 7. The molecule has 3 fully saturated rings. The van der Waals surface area contributed by atoms with E-state index in [9.17, 15) is 84.4 Å². The first-order valence-electron chi connectivity index (χ1n) is 34.0. The van der Waals surface area contributed by atoms with Crippen molar-refractivity contribution in [3.05, 3.63) is 0 Å². The molecule has 0 saturated carbocycles. The van der Waals surface area contributed by atoms with Crippen LogP contribution in [0.15, 0.2) is 0 Å². The van der Waals surface area contributed by atoms with Gasteiger partial charge in [-0.1, -0.05) is 18.2 Å². The van der Waals surface area contributed by atoms with Gasteiger partial charge in [0.05, 0.1) is 151 Å². The predicted octanol–water partition coefficient (Wildman–Crippen LogP) is -8.19. The van der Waals surface area contributed by atoms with Gasteiger partial charge in [-0.2, -0.15) is 0 Å². The molecule has 0 aliphatic carbocycles. The van der Waals surface area contributed by atoms with Gasteiger partial charge in [-0.15, -0.1) is 0 Å². The number of hydrogen-bond donors (Lipinski definition) is 15. The summed E-state index contributed by atoms with van der Waals surface area (Å²) in [5, 5.41) is 106. The molecule has 15 N–H and O–H groups in total. The van der Waals surface area contributed by atoms with Gasteiger partial charge in [0.2, 0.25) is 41.4 Å². The van der Waals surface area contributed by atoms with Crippen molar-refractivity contribution >= 4 is 59.9 Å². The van der Waals surface area contributed by atoms with Gasteiger partial charge in [0.15, 0.2) is 18.9 Å². The number of carbonyl (C=O) groups is 7. The number of aliphatic hydroxyl groups is 9. The summed E-state index contributed by atoms with van der Waals surface area (Å²) < 4.78 is 77.7. The van der Waals surface area contributed by atoms with E-state index in [1.165, 1.54) is 25.7 Å². The van der Waals surface area contributed by atoms with E-state index >= 15 is 0 Å². The van der Waals surface area contributed by atoms with Crippen LogP contribution in [-0.2, 0) is 111 Å². The van der Waals surface area contributed by atoms with Crippen molar-refractivity contribution in [2.75, 3.05) is 178 Å². The lowest BCUT2D eigenvalue weighted by molar-refractivity contribution is -0.272. The second kappa shape index (κ2) is 51.3. The fraction of sp³-hybridized carbons (Fsp3) is 0.885. The van der Waals surface area contributed by atoms with E-state index in [2.05, 4.69) is 31.9 Å². The summed E-state index contributed by atoms with van der Waals surface area (Å²) >= 11 is 5.01. The van der Waals surface area contributed by atoms with E-state index in [1.807, 2.05) is 0 Å². The minimum Gasteiger partial charge on any atom is -0.780 e. The van der Waals surface area contributed by atoms with Crippen LogP contribution in [0.25, 0.3) is 0 Å². The Morgan fingerprint density at radius 1 is 0.451 bits per heavy atom. The molecule has 3 aliphatic rings. The maximum absolute atomic E-state index is 13.8. The molecular formula is C61H112N8O31PS-. The summed E-state index contributed by atoms with van der Waals surface area (Å²) in [6, 6.07) is -3.35. The van der Waals surface area contributed by atoms with Gasteiger partial charge in [-0.3, -0.25) is 38.5 Å². The molecule has 3 aliphatic heterocycles. The SMILES string of the molecule is CC(=O)NC1C(OCCOCCOCCNC(=O)CN(CCCN(CC(=O)NCCOCCOCCOC2OC(CO)C(O)C(O)C2NC(C)=O)C(=O)CCCCCOP([O-])(=S)OC(C)(C)C)CC(=O)NCCOCCOCCOC2OC(CO)C(O)C(O)C2NC(C)=O)OC(CO)C(O)C1O. The number of nitrogens with one attached hydrogen (secondary N) is 6. The van der Waals surface area contributed by atoms with E-state index in [-0.39, 0.29) is 177 Å². The Hall–Kier alpha value is -4.06. The molecule has 0 aromatic rings. The minimum absolute atomic E-state index is 0.0206. The van der Waals surface area contributed by atoms with Gasteiger partial charge >= 0.3 is 0 Å². The van der Waals surface area contributed by atoms with Crippen molar-refractivity contribution < 1.29 is 150 Å². The maximum atomic E-state index is 13.8. The molecule has 3 heterocycles. The number of hydrogen-bond acceptors (Lipinski definition) is 33. The number of unbranched alkanes of at least 4 members (excludes halogenated alkanes) is 2. The molecule has 7 amide bonds. The molecule has 0 aromatic carbocycles. The van der Waals surface area contributed by atoms with E-state index in [4.69, 9.17) is 77.7 Å². The average Bonchev–Trinajstić information content (AvgIpc) is 0.822. The van der Waals surface area contributed by atoms with Crippen LogP contribution in [0.1, 0.15) is 73.6 Å². The number of carbonyl (C=O) groups excluding carboxylic acids is 7. The first kappa shape index (κ1) is 92.1. The van der Waals surface area contributed by atoms with Crippen LogP contribution in [0, 0.1) is 0 Å².